The third kappa shape index (κ3) is 5.96. The molecule has 1 amide bonds. The van der Waals surface area contributed by atoms with Crippen molar-refractivity contribution < 1.29 is 4.79 Å². The first kappa shape index (κ1) is 20.7. The lowest BCUT2D eigenvalue weighted by molar-refractivity contribution is 0.0956. The van der Waals surface area contributed by atoms with Crippen LogP contribution in [0, 0.1) is 5.92 Å². The van der Waals surface area contributed by atoms with Crippen LogP contribution < -0.4 is 10.6 Å². The van der Waals surface area contributed by atoms with E-state index in [-0.39, 0.29) is 29.9 Å². The van der Waals surface area contributed by atoms with Gasteiger partial charge in [0, 0.05) is 38.8 Å². The molecule has 1 heterocycles. The van der Waals surface area contributed by atoms with E-state index in [0.717, 1.165) is 30.5 Å². The first-order valence-electron chi connectivity index (χ1n) is 8.46. The Hall–Kier alpha value is -1.31. The Kier molecular flexibility index (Phi) is 9.10. The van der Waals surface area contributed by atoms with E-state index >= 15 is 0 Å². The highest BCUT2D eigenvalue weighted by Crippen LogP contribution is 2.15. The van der Waals surface area contributed by atoms with Crippen molar-refractivity contribution in [3.63, 3.8) is 0 Å². The Morgan fingerprint density at radius 2 is 2.00 bits per heavy atom. The van der Waals surface area contributed by atoms with E-state index in [9.17, 15) is 4.79 Å². The van der Waals surface area contributed by atoms with Gasteiger partial charge >= 0.3 is 0 Å². The summed E-state index contributed by atoms with van der Waals surface area (Å²) in [5.74, 6) is 1.66. The molecule has 1 atom stereocenters. The molecule has 0 aliphatic carbocycles. The largest absolute Gasteiger partial charge is 0.352 e. The zero-order chi connectivity index (χ0) is 16.7. The SMILES string of the molecule is CCNC(=O)c1ccc(CNC(=NC)N2CCCC(C)C2)cc1.I. The van der Waals surface area contributed by atoms with Crippen molar-refractivity contribution in [3.8, 4) is 0 Å². The lowest BCUT2D eigenvalue weighted by Crippen LogP contribution is -2.45. The molecule has 1 saturated heterocycles. The van der Waals surface area contributed by atoms with Crippen LogP contribution >= 0.6 is 24.0 Å². The molecule has 0 radical (unpaired) electrons. The van der Waals surface area contributed by atoms with Gasteiger partial charge in [-0.3, -0.25) is 9.79 Å². The van der Waals surface area contributed by atoms with Gasteiger partial charge in [0.15, 0.2) is 5.96 Å². The fraction of sp³-hybridized carbons (Fsp3) is 0.556. The minimum Gasteiger partial charge on any atom is -0.352 e. The monoisotopic (exact) mass is 444 g/mol. The number of likely N-dealkylation sites (tertiary alicyclic amines) is 1. The van der Waals surface area contributed by atoms with Crippen LogP contribution in [0.1, 0.15) is 42.6 Å². The third-order valence-electron chi connectivity index (χ3n) is 4.17. The topological polar surface area (TPSA) is 56.7 Å². The Balaban J connectivity index is 0.00000288. The van der Waals surface area contributed by atoms with E-state index in [0.29, 0.717) is 18.7 Å². The van der Waals surface area contributed by atoms with Gasteiger partial charge in [0.2, 0.25) is 0 Å². The summed E-state index contributed by atoms with van der Waals surface area (Å²) in [6.07, 6.45) is 2.53. The molecule has 1 aliphatic rings. The number of piperidine rings is 1. The predicted octanol–water partition coefficient (Wildman–Crippen LogP) is 2.86. The molecule has 24 heavy (non-hydrogen) atoms. The maximum atomic E-state index is 11.8. The first-order valence-corrected chi connectivity index (χ1v) is 8.46. The highest BCUT2D eigenvalue weighted by atomic mass is 127. The summed E-state index contributed by atoms with van der Waals surface area (Å²) in [4.78, 5) is 18.5. The Bertz CT molecular complexity index is 544. The van der Waals surface area contributed by atoms with Crippen molar-refractivity contribution in [1.82, 2.24) is 15.5 Å². The number of benzene rings is 1. The minimum absolute atomic E-state index is 0. The second-order valence-corrected chi connectivity index (χ2v) is 6.15. The number of carbonyl (C=O) groups excluding carboxylic acids is 1. The minimum atomic E-state index is -0.0230. The number of nitrogens with one attached hydrogen (secondary N) is 2. The summed E-state index contributed by atoms with van der Waals surface area (Å²) in [5, 5.41) is 6.23. The molecule has 0 spiro atoms. The molecule has 2 rings (SSSR count). The molecule has 2 N–H and O–H groups in total. The molecule has 1 aromatic rings. The second kappa shape index (κ2) is 10.5. The van der Waals surface area contributed by atoms with Crippen molar-refractivity contribution >= 4 is 35.8 Å². The number of halogens is 1. The molecular weight excluding hydrogens is 415 g/mol. The summed E-state index contributed by atoms with van der Waals surface area (Å²) in [6, 6.07) is 7.72. The van der Waals surface area contributed by atoms with Gasteiger partial charge in [-0.1, -0.05) is 19.1 Å². The lowest BCUT2D eigenvalue weighted by Gasteiger charge is -2.33. The highest BCUT2D eigenvalue weighted by molar-refractivity contribution is 14.0. The average Bonchev–Trinajstić information content (AvgIpc) is 2.56. The van der Waals surface area contributed by atoms with Crippen molar-refractivity contribution in [3.05, 3.63) is 35.4 Å². The number of hydrogen-bond acceptors (Lipinski definition) is 2. The van der Waals surface area contributed by atoms with Crippen LogP contribution in [0.2, 0.25) is 0 Å². The predicted molar refractivity (Wildman–Crippen MR) is 110 cm³/mol. The van der Waals surface area contributed by atoms with Crippen LogP contribution in [-0.4, -0.2) is 43.4 Å². The number of amides is 1. The summed E-state index contributed by atoms with van der Waals surface area (Å²) in [6.45, 7) is 7.71. The summed E-state index contributed by atoms with van der Waals surface area (Å²) >= 11 is 0. The van der Waals surface area contributed by atoms with Crippen LogP contribution in [0.25, 0.3) is 0 Å². The molecule has 1 aromatic carbocycles. The summed E-state index contributed by atoms with van der Waals surface area (Å²) in [5.41, 5.74) is 1.84. The molecule has 6 heteroatoms. The van der Waals surface area contributed by atoms with E-state index in [1.807, 2.05) is 38.2 Å². The fourth-order valence-corrected chi connectivity index (χ4v) is 2.93. The number of guanidine groups is 1. The summed E-state index contributed by atoms with van der Waals surface area (Å²) in [7, 11) is 1.83. The van der Waals surface area contributed by atoms with Crippen LogP contribution in [0.3, 0.4) is 0 Å². The second-order valence-electron chi connectivity index (χ2n) is 6.15. The molecule has 134 valence electrons. The van der Waals surface area contributed by atoms with E-state index in [1.165, 1.54) is 12.8 Å². The zero-order valence-electron chi connectivity index (χ0n) is 14.8. The molecule has 0 bridgehead atoms. The molecule has 1 fully saturated rings. The molecule has 0 saturated carbocycles. The standard InChI is InChI=1S/C18H28N4O.HI/c1-4-20-17(23)16-9-7-15(8-10-16)12-21-18(19-3)22-11-5-6-14(2)13-22;/h7-10,14H,4-6,11-13H2,1-3H3,(H,19,21)(H,20,23);1H. The van der Waals surface area contributed by atoms with Gasteiger partial charge < -0.3 is 15.5 Å². The quantitative estimate of drug-likeness (QED) is 0.427. The smallest absolute Gasteiger partial charge is 0.251 e. The molecule has 1 unspecified atom stereocenters. The van der Waals surface area contributed by atoms with Gasteiger partial charge in [0.25, 0.3) is 5.91 Å². The van der Waals surface area contributed by atoms with Gasteiger partial charge in [-0.2, -0.15) is 0 Å². The highest BCUT2D eigenvalue weighted by Gasteiger charge is 2.18. The lowest BCUT2D eigenvalue weighted by atomic mass is 10.0. The molecule has 5 nitrogen and oxygen atoms in total. The maximum Gasteiger partial charge on any atom is 0.251 e. The van der Waals surface area contributed by atoms with Gasteiger partial charge in [0.05, 0.1) is 0 Å². The molecular formula is C18H29IN4O. The van der Waals surface area contributed by atoms with Gasteiger partial charge in [0.1, 0.15) is 0 Å². The van der Waals surface area contributed by atoms with Crippen molar-refractivity contribution in [2.24, 2.45) is 10.9 Å². The van der Waals surface area contributed by atoms with Gasteiger partial charge in [-0.15, -0.1) is 24.0 Å². The van der Waals surface area contributed by atoms with E-state index in [4.69, 9.17) is 0 Å². The Labute approximate surface area is 162 Å². The van der Waals surface area contributed by atoms with Crippen LogP contribution in [0.15, 0.2) is 29.3 Å². The fourth-order valence-electron chi connectivity index (χ4n) is 2.93. The van der Waals surface area contributed by atoms with E-state index < -0.39 is 0 Å². The van der Waals surface area contributed by atoms with Crippen molar-refractivity contribution in [2.75, 3.05) is 26.7 Å². The average molecular weight is 444 g/mol. The van der Waals surface area contributed by atoms with Crippen LogP contribution in [-0.2, 0) is 6.54 Å². The molecule has 1 aliphatic heterocycles. The Morgan fingerprint density at radius 1 is 1.29 bits per heavy atom. The van der Waals surface area contributed by atoms with E-state index in [2.05, 4.69) is 27.4 Å². The summed E-state index contributed by atoms with van der Waals surface area (Å²) < 4.78 is 0. The number of rotatable bonds is 4. The van der Waals surface area contributed by atoms with Crippen molar-refractivity contribution in [2.45, 2.75) is 33.2 Å². The number of carbonyl (C=O) groups is 1. The van der Waals surface area contributed by atoms with E-state index in [1.54, 1.807) is 0 Å². The third-order valence-corrected chi connectivity index (χ3v) is 4.17. The number of nitrogens with zero attached hydrogens (tertiary/aromatic N) is 2. The number of hydrogen-bond donors (Lipinski definition) is 2. The van der Waals surface area contributed by atoms with Crippen LogP contribution in [0.5, 0.6) is 0 Å². The van der Waals surface area contributed by atoms with Gasteiger partial charge in [-0.05, 0) is 43.4 Å². The number of aliphatic imine (C=N–C) groups is 1. The zero-order valence-corrected chi connectivity index (χ0v) is 17.2. The van der Waals surface area contributed by atoms with Gasteiger partial charge in [-0.25, -0.2) is 0 Å². The Morgan fingerprint density at radius 3 is 2.58 bits per heavy atom. The first-order chi connectivity index (χ1) is 11.1. The molecule has 0 aromatic heterocycles. The maximum absolute atomic E-state index is 11.8. The van der Waals surface area contributed by atoms with Crippen LogP contribution in [0.4, 0.5) is 0 Å². The normalized spacial score (nSPS) is 17.9. The van der Waals surface area contributed by atoms with Crippen molar-refractivity contribution in [1.29, 1.82) is 0 Å².